The second kappa shape index (κ2) is 5.79. The lowest BCUT2D eigenvalue weighted by molar-refractivity contribution is -0.107. The Kier molecular flexibility index (Phi) is 4.33. The van der Waals surface area contributed by atoms with E-state index in [1.165, 1.54) is 0 Å². The fraction of sp³-hybridized carbons (Fsp3) is 0. The highest BCUT2D eigenvalue weighted by Gasteiger charge is 1.93. The van der Waals surface area contributed by atoms with Crippen LogP contribution in [0.25, 0.3) is 6.08 Å². The summed E-state index contributed by atoms with van der Waals surface area (Å²) in [5, 5.41) is 8.02. The lowest BCUT2D eigenvalue weighted by atomic mass is 10.1. The Morgan fingerprint density at radius 1 is 1.33 bits per heavy atom. The number of nitrogens with zero attached hydrogens (tertiary/aromatic N) is 1. The van der Waals surface area contributed by atoms with Crippen molar-refractivity contribution < 1.29 is 4.79 Å². The molecule has 74 valence electrons. The van der Waals surface area contributed by atoms with Gasteiger partial charge < -0.3 is 0 Å². The molecule has 0 atom stereocenters. The van der Waals surface area contributed by atoms with Crippen LogP contribution in [-0.2, 0) is 4.79 Å². The summed E-state index contributed by atoms with van der Waals surface area (Å²) in [4.78, 5) is 10.5. The zero-order chi connectivity index (χ0) is 11.1. The van der Waals surface area contributed by atoms with E-state index in [9.17, 15) is 4.79 Å². The molecule has 2 nitrogen and oxygen atoms in total. The highest BCUT2D eigenvalue weighted by Crippen LogP contribution is 2.05. The Hall–Kier alpha value is -1.85. The number of rotatable bonds is 3. The Bertz CT molecular complexity index is 440. The summed E-state index contributed by atoms with van der Waals surface area (Å²) in [7, 11) is 0. The van der Waals surface area contributed by atoms with Crippen LogP contribution in [0.1, 0.15) is 5.56 Å². The Labute approximate surface area is 93.1 Å². The van der Waals surface area contributed by atoms with Crippen LogP contribution in [0.2, 0.25) is 0 Å². The molecule has 0 spiro atoms. The van der Waals surface area contributed by atoms with Crippen molar-refractivity contribution in [1.29, 1.82) is 5.26 Å². The van der Waals surface area contributed by atoms with E-state index in [2.05, 4.69) is 0 Å². The van der Waals surface area contributed by atoms with Gasteiger partial charge in [0.1, 0.15) is 0 Å². The summed E-state index contributed by atoms with van der Waals surface area (Å²) < 4.78 is 0. The predicted molar refractivity (Wildman–Crippen MR) is 60.0 cm³/mol. The normalized spacial score (nSPS) is 11.3. The first-order chi connectivity index (χ1) is 7.22. The monoisotopic (exact) mass is 217 g/mol. The predicted octanol–water partition coefficient (Wildman–Crippen LogP) is 2.92. The molecular weight excluding hydrogens is 210 g/mol. The number of halogens is 1. The highest BCUT2D eigenvalue weighted by molar-refractivity contribution is 6.66. The SMILES string of the molecule is N#CC(C=Cc1ccccc1)=CC(=O)Cl. The van der Waals surface area contributed by atoms with E-state index in [4.69, 9.17) is 16.9 Å². The summed E-state index contributed by atoms with van der Waals surface area (Å²) >= 11 is 5.13. The van der Waals surface area contributed by atoms with Crippen LogP contribution in [0.3, 0.4) is 0 Å². The molecule has 0 amide bonds. The molecule has 0 N–H and O–H groups in total. The first-order valence-electron chi connectivity index (χ1n) is 4.27. The minimum atomic E-state index is -0.649. The maximum Gasteiger partial charge on any atom is 0.246 e. The molecule has 0 aliphatic rings. The van der Waals surface area contributed by atoms with E-state index >= 15 is 0 Å². The first kappa shape index (κ1) is 11.2. The van der Waals surface area contributed by atoms with Gasteiger partial charge in [0, 0.05) is 6.08 Å². The van der Waals surface area contributed by atoms with Gasteiger partial charge in [-0.1, -0.05) is 36.4 Å². The number of benzene rings is 1. The van der Waals surface area contributed by atoms with Gasteiger partial charge in [-0.15, -0.1) is 0 Å². The van der Waals surface area contributed by atoms with Crippen molar-refractivity contribution in [2.45, 2.75) is 0 Å². The minimum Gasteiger partial charge on any atom is -0.276 e. The highest BCUT2D eigenvalue weighted by atomic mass is 35.5. The van der Waals surface area contributed by atoms with E-state index in [-0.39, 0.29) is 5.57 Å². The number of hydrogen-bond donors (Lipinski definition) is 0. The number of carbonyl (C=O) groups excluding carboxylic acids is 1. The van der Waals surface area contributed by atoms with Gasteiger partial charge in [0.2, 0.25) is 5.24 Å². The Balaban J connectivity index is 2.82. The summed E-state index contributed by atoms with van der Waals surface area (Å²) in [6.45, 7) is 0. The van der Waals surface area contributed by atoms with Crippen molar-refractivity contribution in [3.63, 3.8) is 0 Å². The second-order valence-electron chi connectivity index (χ2n) is 2.76. The van der Waals surface area contributed by atoms with Gasteiger partial charge in [0.15, 0.2) is 0 Å². The van der Waals surface area contributed by atoms with E-state index in [1.807, 2.05) is 36.4 Å². The molecular formula is C12H8ClNO. The molecule has 0 fully saturated rings. The van der Waals surface area contributed by atoms with Crippen LogP contribution < -0.4 is 0 Å². The average molecular weight is 218 g/mol. The molecule has 0 aliphatic carbocycles. The largest absolute Gasteiger partial charge is 0.276 e. The van der Waals surface area contributed by atoms with Crippen LogP contribution in [0.4, 0.5) is 0 Å². The number of nitriles is 1. The van der Waals surface area contributed by atoms with Gasteiger partial charge >= 0.3 is 0 Å². The number of carbonyl (C=O) groups is 1. The maximum absolute atomic E-state index is 10.5. The molecule has 15 heavy (non-hydrogen) atoms. The zero-order valence-electron chi connectivity index (χ0n) is 7.85. The Morgan fingerprint density at radius 3 is 2.53 bits per heavy atom. The van der Waals surface area contributed by atoms with Crippen molar-refractivity contribution >= 4 is 22.9 Å². The molecule has 0 saturated heterocycles. The van der Waals surface area contributed by atoms with Crippen LogP contribution in [0, 0.1) is 11.3 Å². The molecule has 0 aromatic heterocycles. The maximum atomic E-state index is 10.5. The third-order valence-corrected chi connectivity index (χ3v) is 1.76. The summed E-state index contributed by atoms with van der Waals surface area (Å²) in [6, 6.07) is 11.4. The first-order valence-corrected chi connectivity index (χ1v) is 4.64. The molecule has 1 aromatic carbocycles. The topological polar surface area (TPSA) is 40.9 Å². The van der Waals surface area contributed by atoms with Gasteiger partial charge in [-0.2, -0.15) is 5.26 Å². The molecule has 3 heteroatoms. The lowest BCUT2D eigenvalue weighted by Crippen LogP contribution is -1.80. The quantitative estimate of drug-likeness (QED) is 0.338. The molecule has 0 bridgehead atoms. The molecule has 1 rings (SSSR count). The van der Waals surface area contributed by atoms with Crippen LogP contribution in [-0.4, -0.2) is 5.24 Å². The molecule has 0 unspecified atom stereocenters. The fourth-order valence-electron chi connectivity index (χ4n) is 0.990. The average Bonchev–Trinajstić information content (AvgIpc) is 2.25. The summed E-state index contributed by atoms with van der Waals surface area (Å²) in [5.74, 6) is 0. The summed E-state index contributed by atoms with van der Waals surface area (Å²) in [6.07, 6.45) is 4.38. The van der Waals surface area contributed by atoms with Crippen molar-refractivity contribution in [2.75, 3.05) is 0 Å². The number of allylic oxidation sites excluding steroid dienone is 3. The van der Waals surface area contributed by atoms with Gasteiger partial charge in [-0.25, -0.2) is 0 Å². The van der Waals surface area contributed by atoms with Crippen molar-refractivity contribution in [1.82, 2.24) is 0 Å². The van der Waals surface area contributed by atoms with E-state index < -0.39 is 5.24 Å². The lowest BCUT2D eigenvalue weighted by Gasteiger charge is -1.90. The molecule has 0 aliphatic heterocycles. The Morgan fingerprint density at radius 2 is 2.00 bits per heavy atom. The molecule has 1 aromatic rings. The van der Waals surface area contributed by atoms with E-state index in [0.717, 1.165) is 11.6 Å². The second-order valence-corrected chi connectivity index (χ2v) is 3.13. The van der Waals surface area contributed by atoms with Crippen LogP contribution in [0.5, 0.6) is 0 Å². The smallest absolute Gasteiger partial charge is 0.246 e. The van der Waals surface area contributed by atoms with Gasteiger partial charge in [-0.05, 0) is 23.2 Å². The van der Waals surface area contributed by atoms with Gasteiger partial charge in [0.25, 0.3) is 0 Å². The third kappa shape index (κ3) is 4.26. The van der Waals surface area contributed by atoms with Gasteiger partial charge in [-0.3, -0.25) is 4.79 Å². The van der Waals surface area contributed by atoms with Crippen LogP contribution >= 0.6 is 11.6 Å². The van der Waals surface area contributed by atoms with E-state index in [1.54, 1.807) is 12.2 Å². The standard InChI is InChI=1S/C12H8ClNO/c13-12(15)8-11(9-14)7-6-10-4-2-1-3-5-10/h1-8H. The van der Waals surface area contributed by atoms with Crippen molar-refractivity contribution in [3.8, 4) is 6.07 Å². The third-order valence-electron chi connectivity index (χ3n) is 1.65. The molecule has 0 radical (unpaired) electrons. The van der Waals surface area contributed by atoms with Crippen molar-refractivity contribution in [2.24, 2.45) is 0 Å². The molecule has 0 heterocycles. The van der Waals surface area contributed by atoms with Crippen LogP contribution in [0.15, 0.2) is 48.1 Å². The van der Waals surface area contributed by atoms with Crippen molar-refractivity contribution in [3.05, 3.63) is 53.6 Å². The summed E-state index contributed by atoms with van der Waals surface area (Å²) in [5.41, 5.74) is 1.19. The zero-order valence-corrected chi connectivity index (χ0v) is 8.61. The van der Waals surface area contributed by atoms with Gasteiger partial charge in [0.05, 0.1) is 11.6 Å². The molecule has 0 saturated carbocycles. The van der Waals surface area contributed by atoms with E-state index in [0.29, 0.717) is 0 Å². The number of hydrogen-bond acceptors (Lipinski definition) is 2. The minimum absolute atomic E-state index is 0.235. The fourth-order valence-corrected chi connectivity index (χ4v) is 1.11.